The fraction of sp³-hybridized carbons (Fsp3) is 0.500. The van der Waals surface area contributed by atoms with Crippen LogP contribution in [0.5, 0.6) is 0 Å². The highest BCUT2D eigenvalue weighted by atomic mass is 16.2. The molecule has 0 aliphatic carbocycles. The fourth-order valence-corrected chi connectivity index (χ4v) is 1.13. The summed E-state index contributed by atoms with van der Waals surface area (Å²) in [5.41, 5.74) is -0.362. The van der Waals surface area contributed by atoms with E-state index in [9.17, 15) is 9.59 Å². The van der Waals surface area contributed by atoms with Crippen molar-refractivity contribution in [3.8, 4) is 0 Å². The van der Waals surface area contributed by atoms with Crippen LogP contribution in [0, 0.1) is 6.92 Å². The monoisotopic (exact) mass is 224 g/mol. The van der Waals surface area contributed by atoms with Gasteiger partial charge in [-0.1, -0.05) is 0 Å². The van der Waals surface area contributed by atoms with Crippen LogP contribution in [0.4, 0.5) is 0 Å². The summed E-state index contributed by atoms with van der Waals surface area (Å²) in [5, 5.41) is 2.65. The molecule has 0 aliphatic rings. The molecule has 1 heterocycles. The first-order chi connectivity index (χ1) is 7.50. The van der Waals surface area contributed by atoms with Crippen LogP contribution >= 0.6 is 0 Å². The molecular formula is C10H16N4O2. The Kier molecular flexibility index (Phi) is 4.19. The molecule has 1 aromatic heterocycles. The highest BCUT2D eigenvalue weighted by Gasteiger charge is 2.10. The van der Waals surface area contributed by atoms with Crippen molar-refractivity contribution in [2.45, 2.75) is 6.92 Å². The maximum absolute atomic E-state index is 11.6. The minimum absolute atomic E-state index is 0.0457. The van der Waals surface area contributed by atoms with Crippen LogP contribution in [-0.2, 0) is 0 Å². The summed E-state index contributed by atoms with van der Waals surface area (Å²) in [4.78, 5) is 31.3. The molecular weight excluding hydrogens is 208 g/mol. The number of nitrogens with one attached hydrogen (secondary N) is 2. The molecule has 1 aromatic rings. The Bertz CT molecular complexity index is 425. The largest absolute Gasteiger partial charge is 0.351 e. The Labute approximate surface area is 93.7 Å². The Balaban J connectivity index is 2.63. The third-order valence-corrected chi connectivity index (χ3v) is 2.02. The van der Waals surface area contributed by atoms with Gasteiger partial charge in [0, 0.05) is 19.3 Å². The van der Waals surface area contributed by atoms with E-state index < -0.39 is 11.5 Å². The maximum Gasteiger partial charge on any atom is 0.263 e. The SMILES string of the molecule is Cc1ncc(C(=O)NCCN(C)C)c(=O)[nH]1. The molecule has 2 N–H and O–H groups in total. The van der Waals surface area contributed by atoms with Crippen molar-refractivity contribution in [1.82, 2.24) is 20.2 Å². The molecule has 0 bridgehead atoms. The number of aromatic nitrogens is 2. The molecule has 0 fully saturated rings. The van der Waals surface area contributed by atoms with Crippen molar-refractivity contribution in [2.24, 2.45) is 0 Å². The molecule has 1 rings (SSSR count). The van der Waals surface area contributed by atoms with Crippen molar-refractivity contribution in [3.05, 3.63) is 27.9 Å². The minimum Gasteiger partial charge on any atom is -0.351 e. The smallest absolute Gasteiger partial charge is 0.263 e. The number of aromatic amines is 1. The molecule has 0 spiro atoms. The topological polar surface area (TPSA) is 78.1 Å². The standard InChI is InChI=1S/C10H16N4O2/c1-7-12-6-8(10(16)13-7)9(15)11-4-5-14(2)3/h6H,4-5H2,1-3H3,(H,11,15)(H,12,13,16). The third-order valence-electron chi connectivity index (χ3n) is 2.02. The lowest BCUT2D eigenvalue weighted by atomic mass is 10.3. The predicted octanol–water partition coefficient (Wildman–Crippen LogP) is -0.630. The van der Waals surface area contributed by atoms with E-state index in [0.717, 1.165) is 6.54 Å². The number of aryl methyl sites for hydroxylation is 1. The second-order valence-corrected chi connectivity index (χ2v) is 3.77. The van der Waals surface area contributed by atoms with Crippen LogP contribution in [-0.4, -0.2) is 48.0 Å². The van der Waals surface area contributed by atoms with E-state index in [0.29, 0.717) is 12.4 Å². The number of H-pyrrole nitrogens is 1. The normalized spacial score (nSPS) is 10.5. The van der Waals surface area contributed by atoms with Gasteiger partial charge in [0.1, 0.15) is 11.4 Å². The second kappa shape index (κ2) is 5.41. The third kappa shape index (κ3) is 3.47. The first-order valence-electron chi connectivity index (χ1n) is 4.99. The second-order valence-electron chi connectivity index (χ2n) is 3.77. The molecule has 1 amide bonds. The van der Waals surface area contributed by atoms with Gasteiger partial charge in [-0.05, 0) is 21.0 Å². The predicted molar refractivity (Wildman–Crippen MR) is 60.5 cm³/mol. The lowest BCUT2D eigenvalue weighted by Gasteiger charge is -2.09. The van der Waals surface area contributed by atoms with Crippen LogP contribution in [0.15, 0.2) is 11.0 Å². The number of rotatable bonds is 4. The number of nitrogens with zero attached hydrogens (tertiary/aromatic N) is 2. The van der Waals surface area contributed by atoms with Gasteiger partial charge < -0.3 is 15.2 Å². The fourth-order valence-electron chi connectivity index (χ4n) is 1.13. The lowest BCUT2D eigenvalue weighted by molar-refractivity contribution is 0.0949. The van der Waals surface area contributed by atoms with Crippen molar-refractivity contribution < 1.29 is 4.79 Å². The lowest BCUT2D eigenvalue weighted by Crippen LogP contribution is -2.34. The highest BCUT2D eigenvalue weighted by molar-refractivity contribution is 5.93. The van der Waals surface area contributed by atoms with E-state index in [1.165, 1.54) is 6.20 Å². The van der Waals surface area contributed by atoms with Crippen LogP contribution in [0.25, 0.3) is 0 Å². The maximum atomic E-state index is 11.6. The van der Waals surface area contributed by atoms with Crippen molar-refractivity contribution >= 4 is 5.91 Å². The average Bonchev–Trinajstić information content (AvgIpc) is 2.16. The van der Waals surface area contributed by atoms with Crippen molar-refractivity contribution in [2.75, 3.05) is 27.2 Å². The van der Waals surface area contributed by atoms with Crippen molar-refractivity contribution in [1.29, 1.82) is 0 Å². The zero-order valence-electron chi connectivity index (χ0n) is 9.70. The number of likely N-dealkylation sites (N-methyl/N-ethyl adjacent to an activating group) is 1. The van der Waals surface area contributed by atoms with Gasteiger partial charge in [-0.3, -0.25) is 9.59 Å². The van der Waals surface area contributed by atoms with Gasteiger partial charge in [-0.2, -0.15) is 0 Å². The molecule has 6 nitrogen and oxygen atoms in total. The zero-order chi connectivity index (χ0) is 12.1. The molecule has 88 valence electrons. The molecule has 0 aromatic carbocycles. The first kappa shape index (κ1) is 12.4. The Morgan fingerprint density at radius 2 is 2.25 bits per heavy atom. The summed E-state index contributed by atoms with van der Waals surface area (Å²) in [6.45, 7) is 2.89. The summed E-state index contributed by atoms with van der Waals surface area (Å²) in [6, 6.07) is 0. The molecule has 0 aliphatic heterocycles. The average molecular weight is 224 g/mol. The van der Waals surface area contributed by atoms with Gasteiger partial charge in [0.25, 0.3) is 11.5 Å². The van der Waals surface area contributed by atoms with E-state index in [-0.39, 0.29) is 5.56 Å². The van der Waals surface area contributed by atoms with Crippen LogP contribution in [0.1, 0.15) is 16.2 Å². The number of hydrogen-bond acceptors (Lipinski definition) is 4. The molecule has 0 radical (unpaired) electrons. The number of carbonyl (C=O) groups is 1. The number of amides is 1. The van der Waals surface area contributed by atoms with E-state index in [4.69, 9.17) is 0 Å². The minimum atomic E-state index is -0.408. The van der Waals surface area contributed by atoms with Crippen LogP contribution in [0.2, 0.25) is 0 Å². The van der Waals surface area contributed by atoms with Crippen molar-refractivity contribution in [3.63, 3.8) is 0 Å². The van der Waals surface area contributed by atoms with Gasteiger partial charge in [-0.25, -0.2) is 4.98 Å². The first-order valence-corrected chi connectivity index (χ1v) is 4.99. The Morgan fingerprint density at radius 3 is 2.81 bits per heavy atom. The molecule has 0 unspecified atom stereocenters. The van der Waals surface area contributed by atoms with Gasteiger partial charge >= 0.3 is 0 Å². The summed E-state index contributed by atoms with van der Waals surface area (Å²) in [7, 11) is 3.82. The van der Waals surface area contributed by atoms with E-state index in [2.05, 4.69) is 15.3 Å². The summed E-state index contributed by atoms with van der Waals surface area (Å²) >= 11 is 0. The molecule has 0 saturated heterocycles. The summed E-state index contributed by atoms with van der Waals surface area (Å²) in [5.74, 6) is 0.102. The van der Waals surface area contributed by atoms with Crippen LogP contribution in [0.3, 0.4) is 0 Å². The Hall–Kier alpha value is -1.69. The van der Waals surface area contributed by atoms with E-state index >= 15 is 0 Å². The van der Waals surface area contributed by atoms with Gasteiger partial charge in [0.2, 0.25) is 0 Å². The zero-order valence-corrected chi connectivity index (χ0v) is 9.70. The van der Waals surface area contributed by atoms with Gasteiger partial charge in [-0.15, -0.1) is 0 Å². The summed E-state index contributed by atoms with van der Waals surface area (Å²) < 4.78 is 0. The number of carbonyl (C=O) groups excluding carboxylic acids is 1. The highest BCUT2D eigenvalue weighted by Crippen LogP contribution is 1.88. The van der Waals surface area contributed by atoms with E-state index in [1.54, 1.807) is 6.92 Å². The van der Waals surface area contributed by atoms with Crippen LogP contribution < -0.4 is 10.9 Å². The Morgan fingerprint density at radius 1 is 1.56 bits per heavy atom. The van der Waals surface area contributed by atoms with E-state index in [1.807, 2.05) is 19.0 Å². The molecule has 6 heteroatoms. The summed E-state index contributed by atoms with van der Waals surface area (Å²) in [6.07, 6.45) is 1.29. The van der Waals surface area contributed by atoms with Gasteiger partial charge in [0.05, 0.1) is 0 Å². The molecule has 0 saturated carbocycles. The van der Waals surface area contributed by atoms with Gasteiger partial charge in [0.15, 0.2) is 0 Å². The quantitative estimate of drug-likeness (QED) is 0.713. The molecule has 16 heavy (non-hydrogen) atoms. The molecule has 0 atom stereocenters. The number of hydrogen-bond donors (Lipinski definition) is 2.